The maximum absolute atomic E-state index is 12.1. The fraction of sp³-hybridized carbons (Fsp3) is 0.529. The van der Waals surface area contributed by atoms with Crippen LogP contribution >= 0.6 is 0 Å². The van der Waals surface area contributed by atoms with Crippen LogP contribution in [0.15, 0.2) is 30.3 Å². The molecule has 1 aromatic rings. The monoisotopic (exact) mass is 320 g/mol. The number of nitrogens with two attached hydrogens (primary N) is 1. The molecular formula is C17H24N2O4. The van der Waals surface area contributed by atoms with Crippen LogP contribution in [0.25, 0.3) is 0 Å². The van der Waals surface area contributed by atoms with E-state index in [0.717, 1.165) is 31.2 Å². The van der Waals surface area contributed by atoms with E-state index in [-0.39, 0.29) is 19.3 Å². The van der Waals surface area contributed by atoms with Crippen molar-refractivity contribution in [2.45, 2.75) is 50.9 Å². The Balaban J connectivity index is 1.76. The molecule has 1 atom stereocenters. The summed E-state index contributed by atoms with van der Waals surface area (Å²) in [5.41, 5.74) is 6.44. The third kappa shape index (κ3) is 5.90. The summed E-state index contributed by atoms with van der Waals surface area (Å²) in [5, 5.41) is 2.47. The Kier molecular flexibility index (Phi) is 6.87. The van der Waals surface area contributed by atoms with Crippen LogP contribution in [0.3, 0.4) is 0 Å². The lowest BCUT2D eigenvalue weighted by molar-refractivity contribution is -0.152. The summed E-state index contributed by atoms with van der Waals surface area (Å²) >= 11 is 0. The van der Waals surface area contributed by atoms with Crippen molar-refractivity contribution in [1.82, 2.24) is 5.32 Å². The second-order valence-electron chi connectivity index (χ2n) is 5.69. The molecule has 1 saturated carbocycles. The topological polar surface area (TPSA) is 90.6 Å². The molecule has 0 aliphatic heterocycles. The van der Waals surface area contributed by atoms with Crippen LogP contribution in [-0.4, -0.2) is 30.8 Å². The Hall–Kier alpha value is -2.08. The molecule has 1 aliphatic carbocycles. The quantitative estimate of drug-likeness (QED) is 0.784. The Morgan fingerprint density at radius 3 is 2.52 bits per heavy atom. The van der Waals surface area contributed by atoms with Crippen LogP contribution < -0.4 is 11.1 Å². The normalized spacial score (nSPS) is 16.4. The molecule has 23 heavy (non-hydrogen) atoms. The molecule has 1 aromatic carbocycles. The second kappa shape index (κ2) is 9.15. The van der Waals surface area contributed by atoms with Crippen LogP contribution in [0, 0.1) is 0 Å². The molecule has 6 heteroatoms. The summed E-state index contributed by atoms with van der Waals surface area (Å²) in [6.45, 7) is 0.119. The zero-order valence-electron chi connectivity index (χ0n) is 13.2. The smallest absolute Gasteiger partial charge is 0.408 e. The summed E-state index contributed by atoms with van der Waals surface area (Å²) < 4.78 is 10.5. The molecule has 3 N–H and O–H groups in total. The SMILES string of the molecule is NC[C@@H](NC(=O)OCc1ccccc1)C(=O)OC1CCCCC1. The van der Waals surface area contributed by atoms with Crippen molar-refractivity contribution in [1.29, 1.82) is 0 Å². The summed E-state index contributed by atoms with van der Waals surface area (Å²) in [5.74, 6) is -0.490. The van der Waals surface area contributed by atoms with Crippen molar-refractivity contribution >= 4 is 12.1 Å². The largest absolute Gasteiger partial charge is 0.461 e. The van der Waals surface area contributed by atoms with E-state index < -0.39 is 18.1 Å². The number of carbonyl (C=O) groups excluding carboxylic acids is 2. The summed E-state index contributed by atoms with van der Waals surface area (Å²) in [4.78, 5) is 23.9. The van der Waals surface area contributed by atoms with Gasteiger partial charge in [-0.25, -0.2) is 9.59 Å². The molecule has 0 heterocycles. The molecule has 0 bridgehead atoms. The Morgan fingerprint density at radius 1 is 1.17 bits per heavy atom. The van der Waals surface area contributed by atoms with Crippen molar-refractivity contribution < 1.29 is 19.1 Å². The fourth-order valence-electron chi connectivity index (χ4n) is 2.55. The predicted molar refractivity (Wildman–Crippen MR) is 85.6 cm³/mol. The average molecular weight is 320 g/mol. The van der Waals surface area contributed by atoms with Gasteiger partial charge in [-0.2, -0.15) is 0 Å². The maximum Gasteiger partial charge on any atom is 0.408 e. The van der Waals surface area contributed by atoms with Gasteiger partial charge in [0.2, 0.25) is 0 Å². The summed E-state index contributed by atoms with van der Waals surface area (Å²) in [7, 11) is 0. The average Bonchev–Trinajstić information content (AvgIpc) is 2.59. The van der Waals surface area contributed by atoms with Crippen molar-refractivity contribution in [2.75, 3.05) is 6.54 Å². The van der Waals surface area contributed by atoms with E-state index in [0.29, 0.717) is 0 Å². The number of nitrogens with one attached hydrogen (secondary N) is 1. The molecule has 6 nitrogen and oxygen atoms in total. The summed E-state index contributed by atoms with van der Waals surface area (Å²) in [6.07, 6.45) is 4.33. The van der Waals surface area contributed by atoms with Crippen molar-refractivity contribution in [3.8, 4) is 0 Å². The van der Waals surface area contributed by atoms with Crippen LogP contribution in [-0.2, 0) is 20.9 Å². The molecule has 126 valence electrons. The highest BCUT2D eigenvalue weighted by atomic mass is 16.6. The first kappa shape index (κ1) is 17.3. The van der Waals surface area contributed by atoms with E-state index in [1.165, 1.54) is 6.42 Å². The molecule has 0 unspecified atom stereocenters. The van der Waals surface area contributed by atoms with Gasteiger partial charge in [0.05, 0.1) is 0 Å². The van der Waals surface area contributed by atoms with Gasteiger partial charge in [-0.05, 0) is 31.2 Å². The standard InChI is InChI=1S/C17H24N2O4/c18-11-15(16(20)23-14-9-5-2-6-10-14)19-17(21)22-12-13-7-3-1-4-8-13/h1,3-4,7-8,14-15H,2,5-6,9-12,18H2,(H,19,21)/t15-/m1/s1. The van der Waals surface area contributed by atoms with Gasteiger partial charge in [-0.3, -0.25) is 0 Å². The number of ether oxygens (including phenoxy) is 2. The van der Waals surface area contributed by atoms with Crippen LogP contribution in [0.4, 0.5) is 4.79 Å². The number of esters is 1. The molecule has 0 spiro atoms. The highest BCUT2D eigenvalue weighted by molar-refractivity contribution is 5.81. The van der Waals surface area contributed by atoms with Crippen molar-refractivity contribution in [2.24, 2.45) is 5.73 Å². The number of carbonyl (C=O) groups is 2. The minimum Gasteiger partial charge on any atom is -0.461 e. The number of alkyl carbamates (subject to hydrolysis) is 1. The van der Waals surface area contributed by atoms with Crippen LogP contribution in [0.5, 0.6) is 0 Å². The number of hydrogen-bond donors (Lipinski definition) is 2. The predicted octanol–water partition coefficient (Wildman–Crippen LogP) is 2.12. The van der Waals surface area contributed by atoms with Crippen LogP contribution in [0.2, 0.25) is 0 Å². The molecule has 0 aromatic heterocycles. The number of hydrogen-bond acceptors (Lipinski definition) is 5. The first-order chi connectivity index (χ1) is 11.2. The minimum atomic E-state index is -0.875. The molecule has 0 saturated heterocycles. The van der Waals surface area contributed by atoms with E-state index in [1.807, 2.05) is 30.3 Å². The van der Waals surface area contributed by atoms with E-state index in [9.17, 15) is 9.59 Å². The minimum absolute atomic E-state index is 0.0218. The number of benzene rings is 1. The van der Waals surface area contributed by atoms with Gasteiger partial charge < -0.3 is 20.5 Å². The number of rotatable bonds is 6. The van der Waals surface area contributed by atoms with Gasteiger partial charge in [0.15, 0.2) is 0 Å². The first-order valence-electron chi connectivity index (χ1n) is 8.07. The third-order valence-electron chi connectivity index (χ3n) is 3.86. The van der Waals surface area contributed by atoms with Crippen LogP contribution in [0.1, 0.15) is 37.7 Å². The highest BCUT2D eigenvalue weighted by Gasteiger charge is 2.25. The lowest BCUT2D eigenvalue weighted by Gasteiger charge is -2.24. The Labute approximate surface area is 136 Å². The lowest BCUT2D eigenvalue weighted by Crippen LogP contribution is -2.47. The van der Waals surface area contributed by atoms with Gasteiger partial charge in [0.1, 0.15) is 18.8 Å². The highest BCUT2D eigenvalue weighted by Crippen LogP contribution is 2.20. The Morgan fingerprint density at radius 2 is 1.87 bits per heavy atom. The fourth-order valence-corrected chi connectivity index (χ4v) is 2.55. The van der Waals surface area contributed by atoms with Gasteiger partial charge in [0.25, 0.3) is 0 Å². The first-order valence-corrected chi connectivity index (χ1v) is 8.07. The molecular weight excluding hydrogens is 296 g/mol. The maximum atomic E-state index is 12.1. The summed E-state index contributed by atoms with van der Waals surface area (Å²) in [6, 6.07) is 8.44. The lowest BCUT2D eigenvalue weighted by atomic mass is 9.98. The Bertz CT molecular complexity index is 501. The molecule has 1 aliphatic rings. The van der Waals surface area contributed by atoms with Gasteiger partial charge in [-0.1, -0.05) is 36.8 Å². The molecule has 2 rings (SSSR count). The van der Waals surface area contributed by atoms with E-state index in [2.05, 4.69) is 5.32 Å². The third-order valence-corrected chi connectivity index (χ3v) is 3.86. The van der Waals surface area contributed by atoms with Crippen molar-refractivity contribution in [3.63, 3.8) is 0 Å². The van der Waals surface area contributed by atoms with Gasteiger partial charge >= 0.3 is 12.1 Å². The zero-order chi connectivity index (χ0) is 16.5. The van der Waals surface area contributed by atoms with Gasteiger partial charge in [0, 0.05) is 6.54 Å². The van der Waals surface area contributed by atoms with Crippen molar-refractivity contribution in [3.05, 3.63) is 35.9 Å². The van der Waals surface area contributed by atoms with E-state index >= 15 is 0 Å². The van der Waals surface area contributed by atoms with E-state index in [1.54, 1.807) is 0 Å². The van der Waals surface area contributed by atoms with E-state index in [4.69, 9.17) is 15.2 Å². The number of amides is 1. The zero-order valence-corrected chi connectivity index (χ0v) is 13.2. The molecule has 1 amide bonds. The molecule has 0 radical (unpaired) electrons. The second-order valence-corrected chi connectivity index (χ2v) is 5.69. The molecule has 1 fully saturated rings. The van der Waals surface area contributed by atoms with Gasteiger partial charge in [-0.15, -0.1) is 0 Å².